The van der Waals surface area contributed by atoms with Crippen LogP contribution < -0.4 is 0 Å². The maximum atomic E-state index is 6.14. The van der Waals surface area contributed by atoms with Crippen LogP contribution in [0.5, 0.6) is 0 Å². The Bertz CT molecular complexity index is 489. The van der Waals surface area contributed by atoms with E-state index in [9.17, 15) is 0 Å². The summed E-state index contributed by atoms with van der Waals surface area (Å²) in [5, 5.41) is 0. The minimum Gasteiger partial charge on any atom is -0.379 e. The van der Waals surface area contributed by atoms with E-state index in [-0.39, 0.29) is 5.54 Å². The average molecular weight is 333 g/mol. The lowest BCUT2D eigenvalue weighted by Gasteiger charge is -2.45. The highest BCUT2D eigenvalue weighted by molar-refractivity contribution is 5.06. The van der Waals surface area contributed by atoms with Crippen molar-refractivity contribution in [2.24, 2.45) is 0 Å². The Morgan fingerprint density at radius 2 is 2.12 bits per heavy atom. The van der Waals surface area contributed by atoms with E-state index in [4.69, 9.17) is 9.47 Å². The fourth-order valence-electron chi connectivity index (χ4n) is 3.81. The summed E-state index contributed by atoms with van der Waals surface area (Å²) in [6, 6.07) is 4.05. The first-order valence-electron chi connectivity index (χ1n) is 9.19. The molecule has 0 aliphatic carbocycles. The van der Waals surface area contributed by atoms with Gasteiger partial charge in [-0.25, -0.2) is 0 Å². The zero-order valence-corrected chi connectivity index (χ0v) is 15.1. The van der Waals surface area contributed by atoms with Crippen molar-refractivity contribution < 1.29 is 9.47 Å². The van der Waals surface area contributed by atoms with Crippen molar-refractivity contribution in [3.63, 3.8) is 0 Å². The summed E-state index contributed by atoms with van der Waals surface area (Å²) in [5.74, 6) is 0. The molecule has 2 saturated heterocycles. The van der Waals surface area contributed by atoms with Crippen molar-refractivity contribution in [1.82, 2.24) is 14.8 Å². The quantitative estimate of drug-likeness (QED) is 0.798. The Morgan fingerprint density at radius 3 is 2.88 bits per heavy atom. The average Bonchev–Trinajstić information content (AvgIpc) is 2.62. The molecule has 1 atom stereocenters. The van der Waals surface area contributed by atoms with E-state index in [1.54, 1.807) is 6.20 Å². The van der Waals surface area contributed by atoms with Crippen LogP contribution in [0.1, 0.15) is 32.3 Å². The van der Waals surface area contributed by atoms with Crippen LogP contribution in [0.2, 0.25) is 0 Å². The van der Waals surface area contributed by atoms with Crippen LogP contribution in [0.25, 0.3) is 0 Å². The zero-order chi connectivity index (χ0) is 16.8. The van der Waals surface area contributed by atoms with Crippen LogP contribution in [0.4, 0.5) is 0 Å². The van der Waals surface area contributed by atoms with Gasteiger partial charge >= 0.3 is 0 Å². The number of aromatic nitrogens is 1. The molecule has 2 fully saturated rings. The van der Waals surface area contributed by atoms with Gasteiger partial charge in [0.2, 0.25) is 0 Å². The van der Waals surface area contributed by atoms with Crippen LogP contribution in [-0.2, 0) is 16.1 Å². The molecular formula is C19H31N3O2. The summed E-state index contributed by atoms with van der Waals surface area (Å²) in [6.07, 6.45) is 6.41. The third-order valence-electron chi connectivity index (χ3n) is 5.15. The third kappa shape index (κ3) is 4.99. The van der Waals surface area contributed by atoms with Crippen molar-refractivity contribution >= 4 is 0 Å². The van der Waals surface area contributed by atoms with Gasteiger partial charge in [0.15, 0.2) is 0 Å². The van der Waals surface area contributed by atoms with Gasteiger partial charge in [0.1, 0.15) is 0 Å². The summed E-state index contributed by atoms with van der Waals surface area (Å²) < 4.78 is 11.6. The number of pyridine rings is 1. The first-order valence-corrected chi connectivity index (χ1v) is 9.19. The third-order valence-corrected chi connectivity index (χ3v) is 5.15. The zero-order valence-electron chi connectivity index (χ0n) is 15.1. The lowest BCUT2D eigenvalue weighted by atomic mass is 9.98. The molecule has 1 aromatic rings. The second-order valence-electron chi connectivity index (χ2n) is 7.58. The number of piperidine rings is 1. The molecule has 3 heterocycles. The number of nitrogens with zero attached hydrogens (tertiary/aromatic N) is 3. The largest absolute Gasteiger partial charge is 0.379 e. The molecule has 2 aliphatic heterocycles. The van der Waals surface area contributed by atoms with Crippen molar-refractivity contribution in [2.75, 3.05) is 45.9 Å². The molecule has 5 heteroatoms. The van der Waals surface area contributed by atoms with Gasteiger partial charge in [0.05, 0.1) is 25.9 Å². The number of ether oxygens (including phenoxy) is 2. The molecule has 3 rings (SSSR count). The first-order chi connectivity index (χ1) is 11.6. The Kier molecular flexibility index (Phi) is 6.22. The summed E-state index contributed by atoms with van der Waals surface area (Å²) in [5.41, 5.74) is 1.35. The highest BCUT2D eigenvalue weighted by atomic mass is 16.5. The molecule has 0 radical (unpaired) electrons. The maximum absolute atomic E-state index is 6.14. The van der Waals surface area contributed by atoms with Gasteiger partial charge in [-0.05, 0) is 44.9 Å². The Labute approximate surface area is 145 Å². The van der Waals surface area contributed by atoms with Gasteiger partial charge in [-0.2, -0.15) is 0 Å². The van der Waals surface area contributed by atoms with Crippen molar-refractivity contribution in [3.05, 3.63) is 30.1 Å². The number of hydrogen-bond donors (Lipinski definition) is 0. The minimum absolute atomic E-state index is 0.190. The summed E-state index contributed by atoms with van der Waals surface area (Å²) in [4.78, 5) is 9.30. The van der Waals surface area contributed by atoms with Crippen LogP contribution in [0.3, 0.4) is 0 Å². The predicted octanol–water partition coefficient (Wildman–Crippen LogP) is 2.17. The number of rotatable bonds is 6. The molecule has 2 aliphatic rings. The lowest BCUT2D eigenvalue weighted by molar-refractivity contribution is -0.0452. The highest BCUT2D eigenvalue weighted by Gasteiger charge is 2.32. The second-order valence-corrected chi connectivity index (χ2v) is 7.58. The van der Waals surface area contributed by atoms with Crippen LogP contribution >= 0.6 is 0 Å². The Balaban J connectivity index is 1.47. The van der Waals surface area contributed by atoms with Gasteiger partial charge in [-0.1, -0.05) is 6.07 Å². The number of morpholine rings is 1. The lowest BCUT2D eigenvalue weighted by Crippen LogP contribution is -2.57. The van der Waals surface area contributed by atoms with Crippen molar-refractivity contribution in [1.29, 1.82) is 0 Å². The Morgan fingerprint density at radius 1 is 1.29 bits per heavy atom. The fraction of sp³-hybridized carbons (Fsp3) is 0.737. The molecule has 1 aromatic heterocycles. The van der Waals surface area contributed by atoms with E-state index in [1.807, 2.05) is 12.3 Å². The normalized spacial score (nSPS) is 24.2. The molecule has 0 amide bonds. The molecule has 0 spiro atoms. The van der Waals surface area contributed by atoms with E-state index in [1.165, 1.54) is 13.0 Å². The van der Waals surface area contributed by atoms with Crippen LogP contribution in [0, 0.1) is 0 Å². The summed E-state index contributed by atoms with van der Waals surface area (Å²) in [7, 11) is 0. The molecule has 0 saturated carbocycles. The maximum Gasteiger partial charge on any atom is 0.0736 e. The molecule has 134 valence electrons. The van der Waals surface area contributed by atoms with Gasteiger partial charge in [-0.3, -0.25) is 14.8 Å². The molecule has 0 aromatic carbocycles. The van der Waals surface area contributed by atoms with Crippen molar-refractivity contribution in [2.45, 2.75) is 44.9 Å². The van der Waals surface area contributed by atoms with Crippen molar-refractivity contribution in [3.8, 4) is 0 Å². The topological polar surface area (TPSA) is 37.8 Å². The summed E-state index contributed by atoms with van der Waals surface area (Å²) in [6.45, 7) is 12.5. The highest BCUT2D eigenvalue weighted by Crippen LogP contribution is 2.22. The molecule has 5 nitrogen and oxygen atoms in total. The van der Waals surface area contributed by atoms with E-state index in [0.717, 1.165) is 51.4 Å². The van der Waals surface area contributed by atoms with Gasteiger partial charge < -0.3 is 9.47 Å². The fourth-order valence-corrected chi connectivity index (χ4v) is 3.81. The SMILES string of the molecule is CC(C)(CN1CCC[C@@H](OCc2cccnc2)C1)N1CCOCC1. The minimum atomic E-state index is 0.190. The van der Waals surface area contributed by atoms with E-state index in [2.05, 4.69) is 34.7 Å². The number of hydrogen-bond acceptors (Lipinski definition) is 5. The van der Waals surface area contributed by atoms with Gasteiger partial charge in [-0.15, -0.1) is 0 Å². The smallest absolute Gasteiger partial charge is 0.0736 e. The molecule has 24 heavy (non-hydrogen) atoms. The standard InChI is InChI=1S/C19H31N3O2/c1-19(2,22-9-11-23-12-10-22)16-21-8-4-6-18(14-21)24-15-17-5-3-7-20-13-17/h3,5,7,13,18H,4,6,8-12,14-16H2,1-2H3/t18-/m1/s1. The number of likely N-dealkylation sites (tertiary alicyclic amines) is 1. The van der Waals surface area contributed by atoms with Gasteiger partial charge in [0, 0.05) is 44.1 Å². The monoisotopic (exact) mass is 333 g/mol. The van der Waals surface area contributed by atoms with E-state index < -0.39 is 0 Å². The van der Waals surface area contributed by atoms with Crippen LogP contribution in [-0.4, -0.2) is 72.4 Å². The van der Waals surface area contributed by atoms with Gasteiger partial charge in [0.25, 0.3) is 0 Å². The summed E-state index contributed by atoms with van der Waals surface area (Å²) >= 11 is 0. The molecule has 0 bridgehead atoms. The second kappa shape index (κ2) is 8.39. The predicted molar refractivity (Wildman–Crippen MR) is 95.0 cm³/mol. The molecule has 0 N–H and O–H groups in total. The first kappa shape index (κ1) is 17.8. The van der Waals surface area contributed by atoms with Crippen LogP contribution in [0.15, 0.2) is 24.5 Å². The molecule has 0 unspecified atom stereocenters. The molecular weight excluding hydrogens is 302 g/mol. The van der Waals surface area contributed by atoms with E-state index in [0.29, 0.717) is 12.7 Å². The Hall–Kier alpha value is -1.01. The van der Waals surface area contributed by atoms with E-state index >= 15 is 0 Å².